The van der Waals surface area contributed by atoms with Gasteiger partial charge < -0.3 is 0 Å². The number of benzene rings is 4. The molecule has 11 rings (SSSR count). The lowest BCUT2D eigenvalue weighted by atomic mass is 9.40. The van der Waals surface area contributed by atoms with Crippen molar-refractivity contribution >= 4 is 21.5 Å². The molecule has 0 nitrogen and oxygen atoms in total. The average molecular weight is 577 g/mol. The van der Waals surface area contributed by atoms with Gasteiger partial charge in [-0.25, -0.2) is 0 Å². The van der Waals surface area contributed by atoms with Gasteiger partial charge in [0.25, 0.3) is 0 Å². The molecule has 0 amide bonds. The highest BCUT2D eigenvalue weighted by Crippen LogP contribution is 2.74. The fourth-order valence-electron chi connectivity index (χ4n) is 15.2. The van der Waals surface area contributed by atoms with Crippen LogP contribution in [0.1, 0.15) is 87.2 Å². The first-order chi connectivity index (χ1) is 21.8. The molecule has 7 aliphatic rings. The smallest absolute Gasteiger partial charge is 0.00528 e. The molecule has 0 radical (unpaired) electrons. The van der Waals surface area contributed by atoms with Gasteiger partial charge in [-0.2, -0.15) is 0 Å². The maximum atomic E-state index is 2.56. The standard InChI is InChI=1S/C44H48/c1-3-11-29-25(7-1)9-5-13-31(29)42-37-23-21-35-33-19-17-27-15-16-28-18-20-34(40(33)39(27)28)36-22-24-38(44(37)41(35)36)43(42)32-14-6-10-26-8-2-4-12-30(26)32/h1-14,27-28,33-44H,15-24H2. The van der Waals surface area contributed by atoms with Gasteiger partial charge in [0, 0.05) is 0 Å². The molecule has 0 heterocycles. The number of fused-ring (bicyclic) bond motifs is 4. The lowest BCUT2D eigenvalue weighted by Crippen LogP contribution is -2.59. The van der Waals surface area contributed by atoms with Crippen molar-refractivity contribution < 1.29 is 0 Å². The van der Waals surface area contributed by atoms with Crippen LogP contribution >= 0.6 is 0 Å². The van der Waals surface area contributed by atoms with Crippen LogP contribution < -0.4 is 0 Å². The summed E-state index contributed by atoms with van der Waals surface area (Å²) in [5.41, 5.74) is 3.35. The monoisotopic (exact) mass is 576 g/mol. The maximum Gasteiger partial charge on any atom is -0.00528 e. The fourth-order valence-corrected chi connectivity index (χ4v) is 15.2. The first-order valence-electron chi connectivity index (χ1n) is 18.8. The van der Waals surface area contributed by atoms with E-state index in [1.807, 2.05) is 0 Å². The summed E-state index contributed by atoms with van der Waals surface area (Å²) in [6, 6.07) is 33.3. The molecule has 7 saturated carbocycles. The molecule has 4 aromatic rings. The summed E-state index contributed by atoms with van der Waals surface area (Å²) in [6.07, 6.45) is 15.5. The van der Waals surface area contributed by atoms with Crippen molar-refractivity contribution in [1.82, 2.24) is 0 Å². The third kappa shape index (κ3) is 3.31. The summed E-state index contributed by atoms with van der Waals surface area (Å²) in [7, 11) is 0. The molecule has 0 aliphatic heterocycles. The van der Waals surface area contributed by atoms with Crippen LogP contribution in [-0.4, -0.2) is 0 Å². The normalized spacial score (nSPS) is 44.8. The van der Waals surface area contributed by atoms with E-state index >= 15 is 0 Å². The highest BCUT2D eigenvalue weighted by molar-refractivity contribution is 5.88. The minimum Gasteiger partial charge on any atom is -0.0616 e. The SMILES string of the molecule is c1ccc2c(C3C4CCC5C6CCC7CCC8CCC(C9CCC(C3c3cccc%10ccccc3%10)C4C59)C6C78)cccc2c1. The van der Waals surface area contributed by atoms with E-state index < -0.39 is 0 Å². The van der Waals surface area contributed by atoms with E-state index in [9.17, 15) is 0 Å². The summed E-state index contributed by atoms with van der Waals surface area (Å²) in [6.45, 7) is 0. The molecule has 0 aromatic heterocycles. The molecule has 224 valence electrons. The molecule has 0 N–H and O–H groups in total. The van der Waals surface area contributed by atoms with Gasteiger partial charge in [0.2, 0.25) is 0 Å². The molecular weight excluding hydrogens is 528 g/mol. The van der Waals surface area contributed by atoms with Crippen molar-refractivity contribution in [2.45, 2.75) is 76.0 Å². The molecular formula is C44H48. The van der Waals surface area contributed by atoms with Crippen molar-refractivity contribution in [2.24, 2.45) is 71.0 Å². The van der Waals surface area contributed by atoms with E-state index in [1.165, 1.54) is 47.2 Å². The molecule has 0 heteroatoms. The van der Waals surface area contributed by atoms with E-state index in [2.05, 4.69) is 84.9 Å². The molecule has 44 heavy (non-hydrogen) atoms. The van der Waals surface area contributed by atoms with Gasteiger partial charge in [0.15, 0.2) is 0 Å². The van der Waals surface area contributed by atoms with Gasteiger partial charge in [-0.15, -0.1) is 0 Å². The Morgan fingerprint density at radius 3 is 1.20 bits per heavy atom. The summed E-state index contributed by atoms with van der Waals surface area (Å²) in [4.78, 5) is 0. The zero-order chi connectivity index (χ0) is 28.5. The number of rotatable bonds is 2. The van der Waals surface area contributed by atoms with Gasteiger partial charge in [0.05, 0.1) is 0 Å². The van der Waals surface area contributed by atoms with Crippen LogP contribution in [0.2, 0.25) is 0 Å². The summed E-state index contributed by atoms with van der Waals surface area (Å²) >= 11 is 0. The Balaban J connectivity index is 1.09. The molecule has 0 bridgehead atoms. The van der Waals surface area contributed by atoms with E-state index in [0.29, 0.717) is 11.8 Å². The Bertz CT molecular complexity index is 1610. The molecule has 10 unspecified atom stereocenters. The second-order valence-corrected chi connectivity index (χ2v) is 16.9. The van der Waals surface area contributed by atoms with Crippen LogP contribution in [0.25, 0.3) is 21.5 Å². The lowest BCUT2D eigenvalue weighted by molar-refractivity contribution is -0.167. The van der Waals surface area contributed by atoms with Crippen molar-refractivity contribution in [1.29, 1.82) is 0 Å². The predicted molar refractivity (Wildman–Crippen MR) is 181 cm³/mol. The minimum atomic E-state index is 0.639. The first-order valence-corrected chi connectivity index (χ1v) is 18.8. The van der Waals surface area contributed by atoms with E-state index in [0.717, 1.165) is 71.0 Å². The Labute approximate surface area is 264 Å². The Hall–Kier alpha value is -2.60. The quantitative estimate of drug-likeness (QED) is 0.223. The van der Waals surface area contributed by atoms with Crippen LogP contribution in [0.4, 0.5) is 0 Å². The van der Waals surface area contributed by atoms with Crippen LogP contribution in [-0.2, 0) is 0 Å². The minimum absolute atomic E-state index is 0.639. The maximum absolute atomic E-state index is 2.56. The van der Waals surface area contributed by atoms with Gasteiger partial charge >= 0.3 is 0 Å². The van der Waals surface area contributed by atoms with E-state index in [1.54, 1.807) is 49.7 Å². The van der Waals surface area contributed by atoms with Crippen molar-refractivity contribution in [3.05, 3.63) is 96.1 Å². The summed E-state index contributed by atoms with van der Waals surface area (Å²) in [5.74, 6) is 13.5. The molecule has 7 aliphatic carbocycles. The zero-order valence-corrected chi connectivity index (χ0v) is 26.2. The molecule has 10 atom stereocenters. The van der Waals surface area contributed by atoms with Gasteiger partial charge in [-0.05, 0) is 180 Å². The van der Waals surface area contributed by atoms with Gasteiger partial charge in [0.1, 0.15) is 0 Å². The molecule has 7 fully saturated rings. The second-order valence-electron chi connectivity index (χ2n) is 16.9. The average Bonchev–Trinajstić information content (AvgIpc) is 3.66. The predicted octanol–water partition coefficient (Wildman–Crippen LogP) is 11.3. The topological polar surface area (TPSA) is 0 Å². The van der Waals surface area contributed by atoms with Gasteiger partial charge in [-0.1, -0.05) is 84.9 Å². The molecule has 0 spiro atoms. The Morgan fingerprint density at radius 2 is 0.682 bits per heavy atom. The Kier molecular flexibility index (Phi) is 5.50. The fraction of sp³-hybridized carbons (Fsp3) is 0.545. The highest BCUT2D eigenvalue weighted by Gasteiger charge is 2.67. The molecule has 0 saturated heterocycles. The Morgan fingerprint density at radius 1 is 0.318 bits per heavy atom. The van der Waals surface area contributed by atoms with Crippen LogP contribution in [0.5, 0.6) is 0 Å². The third-order valence-corrected chi connectivity index (χ3v) is 16.0. The zero-order valence-electron chi connectivity index (χ0n) is 26.2. The number of hydrogen-bond donors (Lipinski definition) is 0. The van der Waals surface area contributed by atoms with Crippen molar-refractivity contribution in [3.63, 3.8) is 0 Å². The third-order valence-electron chi connectivity index (χ3n) is 16.0. The van der Waals surface area contributed by atoms with Crippen molar-refractivity contribution in [2.75, 3.05) is 0 Å². The van der Waals surface area contributed by atoms with Crippen LogP contribution in [0, 0.1) is 71.0 Å². The first kappa shape index (κ1) is 25.6. The highest BCUT2D eigenvalue weighted by atomic mass is 14.7. The largest absolute Gasteiger partial charge is 0.0616 e. The summed E-state index contributed by atoms with van der Waals surface area (Å²) < 4.78 is 0. The van der Waals surface area contributed by atoms with Gasteiger partial charge in [-0.3, -0.25) is 0 Å². The van der Waals surface area contributed by atoms with E-state index in [-0.39, 0.29) is 0 Å². The molecule has 4 aromatic carbocycles. The van der Waals surface area contributed by atoms with Crippen molar-refractivity contribution in [3.8, 4) is 0 Å². The van der Waals surface area contributed by atoms with Crippen LogP contribution in [0.3, 0.4) is 0 Å². The number of hydrogen-bond acceptors (Lipinski definition) is 0. The second kappa shape index (κ2) is 9.47. The van der Waals surface area contributed by atoms with E-state index in [4.69, 9.17) is 0 Å². The summed E-state index contributed by atoms with van der Waals surface area (Å²) in [5, 5.41) is 5.94. The van der Waals surface area contributed by atoms with Crippen LogP contribution in [0.15, 0.2) is 84.9 Å². The lowest BCUT2D eigenvalue weighted by Gasteiger charge is -2.65.